The van der Waals surface area contributed by atoms with Crippen LogP contribution in [0.15, 0.2) is 35.7 Å². The molecule has 2 rings (SSSR count). The predicted octanol–water partition coefficient (Wildman–Crippen LogP) is 3.26. The first-order valence-electron chi connectivity index (χ1n) is 4.74. The highest BCUT2D eigenvalue weighted by molar-refractivity contribution is 7.17. The Morgan fingerprint density at radius 2 is 2.21 bits per heavy atom. The monoisotopic (exact) mass is 203 g/mol. The van der Waals surface area contributed by atoms with E-state index in [2.05, 4.69) is 41.8 Å². The maximum absolute atomic E-state index is 5.44. The van der Waals surface area contributed by atoms with Gasteiger partial charge in [0.15, 0.2) is 0 Å². The van der Waals surface area contributed by atoms with Crippen LogP contribution in [0, 0.1) is 0 Å². The van der Waals surface area contributed by atoms with Crippen molar-refractivity contribution >= 4 is 27.5 Å². The number of benzene rings is 1. The molecule has 1 aromatic carbocycles. The Bertz CT molecular complexity index is 442. The zero-order valence-electron chi connectivity index (χ0n) is 7.94. The van der Waals surface area contributed by atoms with Crippen molar-refractivity contribution in [3.05, 3.63) is 41.3 Å². The van der Waals surface area contributed by atoms with Gasteiger partial charge in [-0.05, 0) is 41.4 Å². The molecule has 2 N–H and O–H groups in total. The molecular formula is C12H13NS. The Hall–Kier alpha value is -1.12. The van der Waals surface area contributed by atoms with Crippen LogP contribution in [-0.4, -0.2) is 6.54 Å². The standard InChI is InChI=1S/C12H13NS/c13-8-2-1-4-10-5-3-6-12-11(10)7-9-14-12/h1,3-7,9H,2,8,13H2. The summed E-state index contributed by atoms with van der Waals surface area (Å²) in [6.45, 7) is 0.718. The van der Waals surface area contributed by atoms with Crippen LogP contribution in [0.2, 0.25) is 0 Å². The summed E-state index contributed by atoms with van der Waals surface area (Å²) in [6, 6.07) is 8.56. The van der Waals surface area contributed by atoms with Gasteiger partial charge in [-0.2, -0.15) is 0 Å². The third kappa shape index (κ3) is 1.86. The van der Waals surface area contributed by atoms with Crippen LogP contribution in [0.25, 0.3) is 16.2 Å². The Morgan fingerprint density at radius 3 is 3.07 bits per heavy atom. The van der Waals surface area contributed by atoms with Crippen LogP contribution >= 0.6 is 11.3 Å². The maximum Gasteiger partial charge on any atom is 0.0348 e. The van der Waals surface area contributed by atoms with Gasteiger partial charge in [-0.25, -0.2) is 0 Å². The second-order valence-corrected chi connectivity index (χ2v) is 4.11. The first kappa shape index (κ1) is 9.44. The molecule has 1 aromatic heterocycles. The topological polar surface area (TPSA) is 26.0 Å². The van der Waals surface area contributed by atoms with Gasteiger partial charge < -0.3 is 5.73 Å². The molecule has 0 atom stereocenters. The van der Waals surface area contributed by atoms with E-state index in [1.807, 2.05) is 0 Å². The summed E-state index contributed by atoms with van der Waals surface area (Å²) in [5, 5.41) is 3.47. The minimum Gasteiger partial charge on any atom is -0.330 e. The largest absolute Gasteiger partial charge is 0.330 e. The molecule has 1 nitrogen and oxygen atoms in total. The molecule has 0 unspecified atom stereocenters. The summed E-state index contributed by atoms with van der Waals surface area (Å²) < 4.78 is 1.35. The van der Waals surface area contributed by atoms with E-state index >= 15 is 0 Å². The van der Waals surface area contributed by atoms with Crippen molar-refractivity contribution in [3.8, 4) is 0 Å². The molecule has 0 saturated heterocycles. The van der Waals surface area contributed by atoms with E-state index in [-0.39, 0.29) is 0 Å². The predicted molar refractivity (Wildman–Crippen MR) is 64.5 cm³/mol. The highest BCUT2D eigenvalue weighted by atomic mass is 32.1. The van der Waals surface area contributed by atoms with E-state index < -0.39 is 0 Å². The molecule has 0 spiro atoms. The van der Waals surface area contributed by atoms with Gasteiger partial charge in [0.1, 0.15) is 0 Å². The Morgan fingerprint density at radius 1 is 1.29 bits per heavy atom. The van der Waals surface area contributed by atoms with E-state index in [4.69, 9.17) is 5.73 Å². The van der Waals surface area contributed by atoms with Crippen molar-refractivity contribution in [1.29, 1.82) is 0 Å². The van der Waals surface area contributed by atoms with E-state index in [9.17, 15) is 0 Å². The lowest BCUT2D eigenvalue weighted by molar-refractivity contribution is 1.01. The smallest absolute Gasteiger partial charge is 0.0348 e. The Kier molecular flexibility index (Phi) is 2.96. The van der Waals surface area contributed by atoms with Gasteiger partial charge in [-0.1, -0.05) is 24.3 Å². The summed E-state index contributed by atoms with van der Waals surface area (Å²) in [7, 11) is 0. The second-order valence-electron chi connectivity index (χ2n) is 3.16. The third-order valence-electron chi connectivity index (χ3n) is 2.16. The summed E-state index contributed by atoms with van der Waals surface area (Å²) in [5.74, 6) is 0. The summed E-state index contributed by atoms with van der Waals surface area (Å²) in [5.41, 5.74) is 6.73. The van der Waals surface area contributed by atoms with Gasteiger partial charge in [-0.3, -0.25) is 0 Å². The van der Waals surface area contributed by atoms with E-state index in [0.717, 1.165) is 13.0 Å². The van der Waals surface area contributed by atoms with Gasteiger partial charge >= 0.3 is 0 Å². The molecule has 14 heavy (non-hydrogen) atoms. The van der Waals surface area contributed by atoms with Crippen molar-refractivity contribution in [2.75, 3.05) is 6.54 Å². The van der Waals surface area contributed by atoms with Crippen LogP contribution < -0.4 is 5.73 Å². The summed E-state index contributed by atoms with van der Waals surface area (Å²) >= 11 is 1.78. The van der Waals surface area contributed by atoms with Crippen molar-refractivity contribution in [2.45, 2.75) is 6.42 Å². The quantitative estimate of drug-likeness (QED) is 0.814. The molecule has 0 radical (unpaired) electrons. The van der Waals surface area contributed by atoms with Crippen molar-refractivity contribution < 1.29 is 0 Å². The highest BCUT2D eigenvalue weighted by Crippen LogP contribution is 2.24. The fourth-order valence-corrected chi connectivity index (χ4v) is 2.29. The van der Waals surface area contributed by atoms with Crippen molar-refractivity contribution in [3.63, 3.8) is 0 Å². The van der Waals surface area contributed by atoms with Gasteiger partial charge in [0.05, 0.1) is 0 Å². The molecule has 0 amide bonds. The third-order valence-corrected chi connectivity index (χ3v) is 3.04. The molecule has 2 aromatic rings. The summed E-state index contributed by atoms with van der Waals surface area (Å²) in [4.78, 5) is 0. The zero-order chi connectivity index (χ0) is 9.80. The van der Waals surface area contributed by atoms with Crippen molar-refractivity contribution in [2.24, 2.45) is 5.73 Å². The minimum absolute atomic E-state index is 0.718. The van der Waals surface area contributed by atoms with E-state index in [0.29, 0.717) is 0 Å². The first-order valence-corrected chi connectivity index (χ1v) is 5.62. The van der Waals surface area contributed by atoms with E-state index in [1.165, 1.54) is 15.6 Å². The molecule has 0 aliphatic carbocycles. The zero-order valence-corrected chi connectivity index (χ0v) is 8.76. The SMILES string of the molecule is NCCC=Cc1cccc2sccc12. The van der Waals surface area contributed by atoms with Gasteiger partial charge in [0, 0.05) is 4.70 Å². The number of rotatable bonds is 3. The minimum atomic E-state index is 0.718. The fraction of sp³-hybridized carbons (Fsp3) is 0.167. The normalized spacial score (nSPS) is 11.5. The lowest BCUT2D eigenvalue weighted by atomic mass is 10.1. The lowest BCUT2D eigenvalue weighted by Gasteiger charge is -1.95. The molecule has 1 heterocycles. The number of hydrogen-bond donors (Lipinski definition) is 1. The highest BCUT2D eigenvalue weighted by Gasteiger charge is 1.97. The number of thiophene rings is 1. The van der Waals surface area contributed by atoms with E-state index in [1.54, 1.807) is 11.3 Å². The first-order chi connectivity index (χ1) is 6.92. The lowest BCUT2D eigenvalue weighted by Crippen LogP contribution is -1.94. The number of nitrogens with two attached hydrogens (primary N) is 1. The summed E-state index contributed by atoms with van der Waals surface area (Å²) in [6.07, 6.45) is 5.23. The second kappa shape index (κ2) is 4.40. The van der Waals surface area contributed by atoms with Crippen LogP contribution in [0.5, 0.6) is 0 Å². The molecule has 0 aliphatic heterocycles. The van der Waals surface area contributed by atoms with Gasteiger partial charge in [0.2, 0.25) is 0 Å². The van der Waals surface area contributed by atoms with Gasteiger partial charge in [0.25, 0.3) is 0 Å². The van der Waals surface area contributed by atoms with Crippen LogP contribution in [-0.2, 0) is 0 Å². The Balaban J connectivity index is 2.36. The van der Waals surface area contributed by atoms with Gasteiger partial charge in [-0.15, -0.1) is 11.3 Å². The number of hydrogen-bond acceptors (Lipinski definition) is 2. The molecule has 0 fully saturated rings. The molecule has 0 bridgehead atoms. The average molecular weight is 203 g/mol. The average Bonchev–Trinajstić information content (AvgIpc) is 2.67. The number of fused-ring (bicyclic) bond motifs is 1. The molecule has 72 valence electrons. The van der Waals surface area contributed by atoms with Crippen molar-refractivity contribution in [1.82, 2.24) is 0 Å². The maximum atomic E-state index is 5.44. The fourth-order valence-electron chi connectivity index (χ4n) is 1.47. The van der Waals surface area contributed by atoms with Crippen LogP contribution in [0.3, 0.4) is 0 Å². The molecule has 0 aliphatic rings. The van der Waals surface area contributed by atoms with Crippen LogP contribution in [0.1, 0.15) is 12.0 Å². The molecule has 0 saturated carbocycles. The van der Waals surface area contributed by atoms with Crippen LogP contribution in [0.4, 0.5) is 0 Å². The molecule has 2 heteroatoms. The Labute approximate surface area is 87.9 Å². The molecular weight excluding hydrogens is 190 g/mol.